The van der Waals surface area contributed by atoms with Gasteiger partial charge < -0.3 is 15.7 Å². The topological polar surface area (TPSA) is 78.4 Å². The van der Waals surface area contributed by atoms with E-state index < -0.39 is 11.4 Å². The zero-order valence-electron chi connectivity index (χ0n) is 11.1. The van der Waals surface area contributed by atoms with Crippen molar-refractivity contribution in [2.24, 2.45) is 5.41 Å². The van der Waals surface area contributed by atoms with Crippen molar-refractivity contribution in [2.45, 2.75) is 38.8 Å². The van der Waals surface area contributed by atoms with Crippen molar-refractivity contribution in [3.05, 3.63) is 20.8 Å². The maximum absolute atomic E-state index is 11.9. The lowest BCUT2D eigenvalue weighted by Crippen LogP contribution is -2.50. The van der Waals surface area contributed by atoms with Crippen LogP contribution in [0, 0.1) is 5.41 Å². The molecule has 20 heavy (non-hydrogen) atoms. The highest BCUT2D eigenvalue weighted by atomic mass is 79.9. The van der Waals surface area contributed by atoms with Gasteiger partial charge in [0.2, 0.25) is 0 Å². The molecular formula is C13H17BrN2O3S. The quantitative estimate of drug-likeness (QED) is 0.772. The first-order valence-electron chi connectivity index (χ1n) is 6.42. The third kappa shape index (κ3) is 3.32. The SMILES string of the molecule is CC1(C(=O)O)CCCC1NC(=O)NCc1cc(Br)cs1. The van der Waals surface area contributed by atoms with Gasteiger partial charge in [-0.1, -0.05) is 6.42 Å². The Balaban J connectivity index is 1.86. The average molecular weight is 361 g/mol. The van der Waals surface area contributed by atoms with Gasteiger partial charge in [-0.25, -0.2) is 4.79 Å². The molecule has 0 aliphatic heterocycles. The minimum absolute atomic E-state index is 0.310. The molecule has 3 N–H and O–H groups in total. The molecule has 1 aromatic rings. The van der Waals surface area contributed by atoms with Crippen molar-refractivity contribution >= 4 is 39.3 Å². The number of halogens is 1. The van der Waals surface area contributed by atoms with Gasteiger partial charge in [-0.3, -0.25) is 4.79 Å². The lowest BCUT2D eigenvalue weighted by molar-refractivity contribution is -0.148. The highest BCUT2D eigenvalue weighted by Crippen LogP contribution is 2.38. The Bertz CT molecular complexity index is 519. The van der Waals surface area contributed by atoms with Crippen LogP contribution in [0.1, 0.15) is 31.1 Å². The molecule has 2 atom stereocenters. The Morgan fingerprint density at radius 3 is 2.95 bits per heavy atom. The van der Waals surface area contributed by atoms with Gasteiger partial charge >= 0.3 is 12.0 Å². The minimum Gasteiger partial charge on any atom is -0.481 e. The number of carbonyl (C=O) groups is 2. The molecule has 0 spiro atoms. The van der Waals surface area contributed by atoms with Crippen LogP contribution in [0.3, 0.4) is 0 Å². The maximum Gasteiger partial charge on any atom is 0.315 e. The molecule has 1 heterocycles. The molecule has 1 aliphatic carbocycles. The van der Waals surface area contributed by atoms with E-state index in [2.05, 4.69) is 26.6 Å². The maximum atomic E-state index is 11.9. The van der Waals surface area contributed by atoms with Crippen molar-refractivity contribution in [1.82, 2.24) is 10.6 Å². The molecule has 2 rings (SSSR count). The average Bonchev–Trinajstić information content (AvgIpc) is 2.95. The standard InChI is InChI=1S/C13H17BrN2O3S/c1-13(11(17)18)4-2-3-10(13)16-12(19)15-6-9-5-8(14)7-20-9/h5,7,10H,2-4,6H2,1H3,(H,17,18)(H2,15,16,19). The van der Waals surface area contributed by atoms with E-state index in [1.54, 1.807) is 18.3 Å². The molecule has 110 valence electrons. The fraction of sp³-hybridized carbons (Fsp3) is 0.538. The molecule has 1 fully saturated rings. The van der Waals surface area contributed by atoms with Crippen molar-refractivity contribution < 1.29 is 14.7 Å². The molecule has 2 unspecified atom stereocenters. The van der Waals surface area contributed by atoms with E-state index in [0.717, 1.165) is 15.8 Å². The normalized spacial score (nSPS) is 25.4. The van der Waals surface area contributed by atoms with Crippen molar-refractivity contribution in [1.29, 1.82) is 0 Å². The summed E-state index contributed by atoms with van der Waals surface area (Å²) in [5, 5.41) is 16.8. The summed E-state index contributed by atoms with van der Waals surface area (Å²) in [5.74, 6) is -0.845. The van der Waals surface area contributed by atoms with Crippen LogP contribution in [-0.4, -0.2) is 23.1 Å². The Morgan fingerprint density at radius 2 is 2.35 bits per heavy atom. The Hall–Kier alpha value is -1.08. The van der Waals surface area contributed by atoms with Gasteiger partial charge in [-0.05, 0) is 41.8 Å². The summed E-state index contributed by atoms with van der Waals surface area (Å²) in [4.78, 5) is 24.2. The van der Waals surface area contributed by atoms with Gasteiger partial charge in [0.05, 0.1) is 12.0 Å². The second kappa shape index (κ2) is 6.13. The van der Waals surface area contributed by atoms with Gasteiger partial charge in [0.1, 0.15) is 0 Å². The molecule has 5 nitrogen and oxygen atoms in total. The van der Waals surface area contributed by atoms with Gasteiger partial charge in [0.25, 0.3) is 0 Å². The van der Waals surface area contributed by atoms with Gasteiger partial charge in [0.15, 0.2) is 0 Å². The lowest BCUT2D eigenvalue weighted by Gasteiger charge is -2.27. The number of amides is 2. The zero-order valence-corrected chi connectivity index (χ0v) is 13.5. The first-order chi connectivity index (χ1) is 9.41. The molecule has 7 heteroatoms. The summed E-state index contributed by atoms with van der Waals surface area (Å²) in [6.07, 6.45) is 2.14. The summed E-state index contributed by atoms with van der Waals surface area (Å²) in [6.45, 7) is 2.14. The largest absolute Gasteiger partial charge is 0.481 e. The summed E-state index contributed by atoms with van der Waals surface area (Å²) in [6, 6.07) is 1.32. The molecule has 0 aromatic carbocycles. The molecule has 1 aromatic heterocycles. The Labute approximate surface area is 129 Å². The van der Waals surface area contributed by atoms with Crippen molar-refractivity contribution in [3.8, 4) is 0 Å². The summed E-state index contributed by atoms with van der Waals surface area (Å²) < 4.78 is 0.994. The first-order valence-corrected chi connectivity index (χ1v) is 8.10. The van der Waals surface area contributed by atoms with Crippen LogP contribution in [0.25, 0.3) is 0 Å². The van der Waals surface area contributed by atoms with Crippen LogP contribution in [-0.2, 0) is 11.3 Å². The minimum atomic E-state index is -0.858. The number of hydrogen-bond acceptors (Lipinski definition) is 3. The number of urea groups is 1. The molecule has 1 aliphatic rings. The highest BCUT2D eigenvalue weighted by Gasteiger charge is 2.45. The van der Waals surface area contributed by atoms with Gasteiger partial charge in [0, 0.05) is 20.8 Å². The fourth-order valence-electron chi connectivity index (χ4n) is 2.48. The summed E-state index contributed by atoms with van der Waals surface area (Å²) >= 11 is 4.91. The van der Waals surface area contributed by atoms with Crippen LogP contribution in [0.15, 0.2) is 15.9 Å². The van der Waals surface area contributed by atoms with E-state index in [4.69, 9.17) is 0 Å². The van der Waals surface area contributed by atoms with Crippen LogP contribution >= 0.6 is 27.3 Å². The Morgan fingerprint density at radius 1 is 1.60 bits per heavy atom. The van der Waals surface area contributed by atoms with E-state index >= 15 is 0 Å². The first kappa shape index (κ1) is 15.3. The van der Waals surface area contributed by atoms with Crippen molar-refractivity contribution in [2.75, 3.05) is 0 Å². The van der Waals surface area contributed by atoms with Crippen LogP contribution in [0.5, 0.6) is 0 Å². The molecule has 2 amide bonds. The van der Waals surface area contributed by atoms with Crippen LogP contribution in [0.4, 0.5) is 4.79 Å². The Kier molecular flexibility index (Phi) is 4.70. The smallest absolute Gasteiger partial charge is 0.315 e. The molecular weight excluding hydrogens is 344 g/mol. The van der Waals surface area contributed by atoms with E-state index in [1.807, 2.05) is 11.4 Å². The third-order valence-corrected chi connectivity index (χ3v) is 5.49. The number of rotatable bonds is 4. The lowest BCUT2D eigenvalue weighted by atomic mass is 9.85. The number of aliphatic carboxylic acids is 1. The highest BCUT2D eigenvalue weighted by molar-refractivity contribution is 9.10. The second-order valence-corrected chi connectivity index (χ2v) is 7.14. The fourth-order valence-corrected chi connectivity index (χ4v) is 3.87. The number of carbonyl (C=O) groups excluding carboxylic acids is 1. The number of hydrogen-bond donors (Lipinski definition) is 3. The van der Waals surface area contributed by atoms with E-state index in [9.17, 15) is 14.7 Å². The molecule has 0 radical (unpaired) electrons. The van der Waals surface area contributed by atoms with E-state index in [1.165, 1.54) is 0 Å². The van der Waals surface area contributed by atoms with E-state index in [0.29, 0.717) is 19.4 Å². The molecule has 0 bridgehead atoms. The van der Waals surface area contributed by atoms with Crippen LogP contribution in [0.2, 0.25) is 0 Å². The van der Waals surface area contributed by atoms with Crippen molar-refractivity contribution in [3.63, 3.8) is 0 Å². The van der Waals surface area contributed by atoms with Gasteiger partial charge in [-0.2, -0.15) is 0 Å². The second-order valence-electron chi connectivity index (χ2n) is 5.23. The van der Waals surface area contributed by atoms with Crippen LogP contribution < -0.4 is 10.6 Å². The predicted octanol–water partition coefficient (Wildman–Crippen LogP) is 2.95. The molecule has 1 saturated carbocycles. The number of nitrogens with one attached hydrogen (secondary N) is 2. The summed E-state index contributed by atoms with van der Waals surface area (Å²) in [5.41, 5.74) is -0.858. The molecule has 0 saturated heterocycles. The predicted molar refractivity (Wildman–Crippen MR) is 80.8 cm³/mol. The third-order valence-electron chi connectivity index (χ3n) is 3.80. The monoisotopic (exact) mass is 360 g/mol. The number of carboxylic acids is 1. The van der Waals surface area contributed by atoms with E-state index in [-0.39, 0.29) is 12.1 Å². The summed E-state index contributed by atoms with van der Waals surface area (Å²) in [7, 11) is 0. The number of thiophene rings is 1. The van der Waals surface area contributed by atoms with Gasteiger partial charge in [-0.15, -0.1) is 11.3 Å². The number of carboxylic acid groups (broad SMARTS) is 1. The zero-order chi connectivity index (χ0) is 14.8.